The number of halogens is 1. The van der Waals surface area contributed by atoms with Crippen LogP contribution in [0.1, 0.15) is 4.88 Å². The lowest BCUT2D eigenvalue weighted by atomic mass is 10.6. The molecule has 0 aliphatic carbocycles. The second-order valence-corrected chi connectivity index (χ2v) is 3.16. The first-order valence-electron chi connectivity index (χ1n) is 2.06. The van der Waals surface area contributed by atoms with Gasteiger partial charge in [-0.05, 0) is 18.5 Å². The standard InChI is InChI=1S/C4H4ClNOS/c1-3-2-4(7)6(5)8-3/h2H,1H3. The molecule has 0 saturated carbocycles. The Bertz CT molecular complexity index is 238. The van der Waals surface area contributed by atoms with Crippen molar-refractivity contribution in [2.45, 2.75) is 6.92 Å². The molecule has 0 aromatic carbocycles. The molecule has 2 nitrogen and oxygen atoms in total. The van der Waals surface area contributed by atoms with E-state index < -0.39 is 0 Å². The molecule has 8 heavy (non-hydrogen) atoms. The molecule has 1 aromatic heterocycles. The highest BCUT2D eigenvalue weighted by molar-refractivity contribution is 7.08. The third-order valence-corrected chi connectivity index (χ3v) is 1.84. The highest BCUT2D eigenvalue weighted by Gasteiger charge is 1.93. The fourth-order valence-corrected chi connectivity index (χ4v) is 1.35. The van der Waals surface area contributed by atoms with Crippen LogP contribution >= 0.6 is 23.3 Å². The fraction of sp³-hybridized carbons (Fsp3) is 0.250. The van der Waals surface area contributed by atoms with E-state index in [1.165, 1.54) is 17.6 Å². The second kappa shape index (κ2) is 1.91. The van der Waals surface area contributed by atoms with Crippen LogP contribution in [0, 0.1) is 6.92 Å². The van der Waals surface area contributed by atoms with E-state index in [0.29, 0.717) is 0 Å². The summed E-state index contributed by atoms with van der Waals surface area (Å²) in [4.78, 5) is 11.4. The van der Waals surface area contributed by atoms with Gasteiger partial charge in [0, 0.05) is 22.7 Å². The van der Waals surface area contributed by atoms with Gasteiger partial charge in [0.15, 0.2) is 0 Å². The van der Waals surface area contributed by atoms with Crippen LogP contribution in [0.3, 0.4) is 0 Å². The molecule has 0 atom stereocenters. The van der Waals surface area contributed by atoms with Gasteiger partial charge in [-0.2, -0.15) is 3.48 Å². The van der Waals surface area contributed by atoms with Crippen LogP contribution in [-0.4, -0.2) is 3.48 Å². The molecule has 0 fully saturated rings. The van der Waals surface area contributed by atoms with Gasteiger partial charge < -0.3 is 0 Å². The van der Waals surface area contributed by atoms with Gasteiger partial charge in [-0.25, -0.2) is 0 Å². The minimum Gasteiger partial charge on any atom is -0.267 e. The van der Waals surface area contributed by atoms with Crippen LogP contribution in [0.15, 0.2) is 10.9 Å². The lowest BCUT2D eigenvalue weighted by Crippen LogP contribution is -2.00. The SMILES string of the molecule is Cc1cc(=O)n(Cl)s1. The first-order chi connectivity index (χ1) is 3.70. The second-order valence-electron chi connectivity index (χ2n) is 1.43. The number of nitrogens with zero attached hydrogens (tertiary/aromatic N) is 1. The van der Waals surface area contributed by atoms with Gasteiger partial charge in [-0.15, -0.1) is 0 Å². The van der Waals surface area contributed by atoms with E-state index in [0.717, 1.165) is 8.35 Å². The molecule has 1 aromatic rings. The van der Waals surface area contributed by atoms with Crippen LogP contribution in [0.25, 0.3) is 0 Å². The summed E-state index contributed by atoms with van der Waals surface area (Å²) in [6, 6.07) is 1.50. The summed E-state index contributed by atoms with van der Waals surface area (Å²) in [6.45, 7) is 1.84. The van der Waals surface area contributed by atoms with Gasteiger partial charge in [0.05, 0.1) is 0 Å². The van der Waals surface area contributed by atoms with Crippen molar-refractivity contribution in [2.75, 3.05) is 0 Å². The Morgan fingerprint density at radius 3 is 2.62 bits per heavy atom. The summed E-state index contributed by atoms with van der Waals surface area (Å²) in [5.41, 5.74) is -0.144. The van der Waals surface area contributed by atoms with Crippen molar-refractivity contribution >= 4 is 23.3 Å². The lowest BCUT2D eigenvalue weighted by molar-refractivity contribution is 1.31. The molecule has 0 bridgehead atoms. The van der Waals surface area contributed by atoms with Crippen LogP contribution < -0.4 is 5.56 Å². The zero-order valence-corrected chi connectivity index (χ0v) is 5.79. The quantitative estimate of drug-likeness (QED) is 0.544. The van der Waals surface area contributed by atoms with E-state index in [9.17, 15) is 4.79 Å². The van der Waals surface area contributed by atoms with Crippen LogP contribution in [-0.2, 0) is 0 Å². The van der Waals surface area contributed by atoms with Gasteiger partial charge in [-0.3, -0.25) is 4.79 Å². The highest BCUT2D eigenvalue weighted by Crippen LogP contribution is 2.02. The van der Waals surface area contributed by atoms with Gasteiger partial charge >= 0.3 is 0 Å². The van der Waals surface area contributed by atoms with Crippen molar-refractivity contribution in [2.24, 2.45) is 0 Å². The van der Waals surface area contributed by atoms with Crippen LogP contribution in [0.2, 0.25) is 0 Å². The minimum absolute atomic E-state index is 0.144. The summed E-state index contributed by atoms with van der Waals surface area (Å²) >= 11 is 6.59. The number of rotatable bonds is 0. The molecule has 4 heteroatoms. The maximum absolute atomic E-state index is 10.5. The fourth-order valence-electron chi connectivity index (χ4n) is 0.422. The monoisotopic (exact) mass is 149 g/mol. The highest BCUT2D eigenvalue weighted by atomic mass is 35.5. The molecule has 0 saturated heterocycles. The summed E-state index contributed by atoms with van der Waals surface area (Å²) in [7, 11) is 0. The van der Waals surface area contributed by atoms with Crippen molar-refractivity contribution < 1.29 is 0 Å². The van der Waals surface area contributed by atoms with Crippen molar-refractivity contribution in [1.29, 1.82) is 0 Å². The maximum atomic E-state index is 10.5. The normalized spacial score (nSPS) is 9.75. The summed E-state index contributed by atoms with van der Waals surface area (Å²) in [5.74, 6) is 0. The van der Waals surface area contributed by atoms with E-state index in [2.05, 4.69) is 0 Å². The van der Waals surface area contributed by atoms with Gasteiger partial charge in [0.2, 0.25) is 0 Å². The van der Waals surface area contributed by atoms with E-state index in [-0.39, 0.29) is 5.56 Å². The molecule has 1 heterocycles. The lowest BCUT2D eigenvalue weighted by Gasteiger charge is -1.73. The smallest absolute Gasteiger partial charge is 0.267 e. The summed E-state index contributed by atoms with van der Waals surface area (Å²) in [6.07, 6.45) is 0. The van der Waals surface area contributed by atoms with Crippen molar-refractivity contribution in [3.05, 3.63) is 21.3 Å². The molecular formula is C4H4ClNOS. The van der Waals surface area contributed by atoms with E-state index in [4.69, 9.17) is 11.8 Å². The molecule has 0 radical (unpaired) electrons. The van der Waals surface area contributed by atoms with Gasteiger partial charge in [0.1, 0.15) is 0 Å². The van der Waals surface area contributed by atoms with Gasteiger partial charge in [-0.1, -0.05) is 0 Å². The van der Waals surface area contributed by atoms with E-state index in [1.807, 2.05) is 6.92 Å². The van der Waals surface area contributed by atoms with Crippen LogP contribution in [0.5, 0.6) is 0 Å². The molecule has 0 unspecified atom stereocenters. The Labute approximate surface area is 55.6 Å². The average Bonchev–Trinajstić information content (AvgIpc) is 1.85. The molecule has 0 aliphatic rings. The maximum Gasteiger partial charge on any atom is 0.275 e. The molecule has 1 rings (SSSR count). The first-order valence-corrected chi connectivity index (χ1v) is 3.17. The molecule has 0 spiro atoms. The Balaban J connectivity index is 3.35. The molecule has 0 N–H and O–H groups in total. The Hall–Kier alpha value is -0.280. The molecule has 0 aliphatic heterocycles. The molecular weight excluding hydrogens is 146 g/mol. The first kappa shape index (κ1) is 5.85. The van der Waals surface area contributed by atoms with Crippen molar-refractivity contribution in [3.8, 4) is 0 Å². The topological polar surface area (TPSA) is 22.0 Å². The summed E-state index contributed by atoms with van der Waals surface area (Å²) in [5, 5.41) is 0. The molecule has 44 valence electrons. The largest absolute Gasteiger partial charge is 0.275 e. The zero-order chi connectivity index (χ0) is 6.15. The van der Waals surface area contributed by atoms with E-state index >= 15 is 0 Å². The molecule has 0 amide bonds. The van der Waals surface area contributed by atoms with Crippen LogP contribution in [0.4, 0.5) is 0 Å². The van der Waals surface area contributed by atoms with E-state index in [1.54, 1.807) is 0 Å². The zero-order valence-electron chi connectivity index (χ0n) is 4.22. The van der Waals surface area contributed by atoms with Gasteiger partial charge in [0.25, 0.3) is 5.56 Å². The number of hydrogen-bond acceptors (Lipinski definition) is 2. The average molecular weight is 150 g/mol. The third kappa shape index (κ3) is 0.928. The van der Waals surface area contributed by atoms with Crippen molar-refractivity contribution in [1.82, 2.24) is 3.48 Å². The Morgan fingerprint density at radius 2 is 2.50 bits per heavy atom. The van der Waals surface area contributed by atoms with Crippen molar-refractivity contribution in [3.63, 3.8) is 0 Å². The summed E-state index contributed by atoms with van der Waals surface area (Å²) < 4.78 is 1.08. The number of aryl methyl sites for hydroxylation is 1. The number of hydrogen-bond donors (Lipinski definition) is 0. The predicted molar refractivity (Wildman–Crippen MR) is 34.6 cm³/mol. The predicted octanol–water partition coefficient (Wildman–Crippen LogP) is 1.22. The number of aromatic nitrogens is 1. The third-order valence-electron chi connectivity index (χ3n) is 0.724. The minimum atomic E-state index is -0.144. The Morgan fingerprint density at radius 1 is 1.88 bits per heavy atom. The Kier molecular flexibility index (Phi) is 1.40.